The molecule has 1 N–H and O–H groups in total. The number of carbonyl (C=O) groups is 2. The molecule has 0 bridgehead atoms. The van der Waals surface area contributed by atoms with E-state index in [0.717, 1.165) is 4.90 Å². The first-order valence-corrected chi connectivity index (χ1v) is 7.64. The van der Waals surface area contributed by atoms with Crippen LogP contribution in [0, 0.1) is 0 Å². The van der Waals surface area contributed by atoms with E-state index in [4.69, 9.17) is 9.47 Å². The maximum atomic E-state index is 12.4. The SMILES string of the molecule is COc1cc(OC)cc(C(=O)NC2CCN(C(=O)C(F)(F)F)CC2)c1. The van der Waals surface area contributed by atoms with E-state index in [9.17, 15) is 22.8 Å². The highest BCUT2D eigenvalue weighted by Gasteiger charge is 2.43. The topological polar surface area (TPSA) is 67.9 Å². The highest BCUT2D eigenvalue weighted by atomic mass is 19.4. The molecule has 0 aromatic heterocycles. The Hall–Kier alpha value is -2.45. The monoisotopic (exact) mass is 360 g/mol. The van der Waals surface area contributed by atoms with Crippen LogP contribution in [0.25, 0.3) is 0 Å². The van der Waals surface area contributed by atoms with Crippen molar-refractivity contribution in [3.05, 3.63) is 23.8 Å². The van der Waals surface area contributed by atoms with Gasteiger partial charge in [0.05, 0.1) is 14.2 Å². The predicted molar refractivity (Wildman–Crippen MR) is 82.7 cm³/mol. The Morgan fingerprint density at radius 1 is 1.08 bits per heavy atom. The molecule has 1 aromatic rings. The van der Waals surface area contributed by atoms with Gasteiger partial charge in [0.25, 0.3) is 5.91 Å². The molecule has 2 amide bonds. The van der Waals surface area contributed by atoms with Gasteiger partial charge in [0.15, 0.2) is 0 Å². The third-order valence-corrected chi connectivity index (χ3v) is 3.97. The smallest absolute Gasteiger partial charge is 0.471 e. The lowest BCUT2D eigenvalue weighted by molar-refractivity contribution is -0.186. The normalized spacial score (nSPS) is 15.6. The highest BCUT2D eigenvalue weighted by Crippen LogP contribution is 2.24. The van der Waals surface area contributed by atoms with Gasteiger partial charge in [0, 0.05) is 30.8 Å². The summed E-state index contributed by atoms with van der Waals surface area (Å²) in [6.45, 7) is -0.102. The minimum atomic E-state index is -4.87. The molecule has 0 radical (unpaired) electrons. The van der Waals surface area contributed by atoms with Crippen molar-refractivity contribution in [1.29, 1.82) is 0 Å². The number of hydrogen-bond donors (Lipinski definition) is 1. The first-order chi connectivity index (χ1) is 11.7. The Labute approximate surface area is 142 Å². The number of rotatable bonds is 4. The summed E-state index contributed by atoms with van der Waals surface area (Å²) in [7, 11) is 2.92. The third-order valence-electron chi connectivity index (χ3n) is 3.97. The van der Waals surface area contributed by atoms with Crippen LogP contribution in [0.1, 0.15) is 23.2 Å². The van der Waals surface area contributed by atoms with Crippen molar-refractivity contribution >= 4 is 11.8 Å². The minimum absolute atomic E-state index is 0.0509. The second-order valence-electron chi connectivity index (χ2n) is 5.64. The van der Waals surface area contributed by atoms with Gasteiger partial charge in [-0.05, 0) is 25.0 Å². The number of ether oxygens (including phenoxy) is 2. The second kappa shape index (κ2) is 7.62. The van der Waals surface area contributed by atoms with Gasteiger partial charge in [0.1, 0.15) is 11.5 Å². The summed E-state index contributed by atoms with van der Waals surface area (Å²) in [4.78, 5) is 24.3. The zero-order chi connectivity index (χ0) is 18.6. The van der Waals surface area contributed by atoms with Crippen LogP contribution in [0.4, 0.5) is 13.2 Å². The summed E-state index contributed by atoms with van der Waals surface area (Å²) >= 11 is 0. The average molecular weight is 360 g/mol. The van der Waals surface area contributed by atoms with Crippen LogP contribution in [0.3, 0.4) is 0 Å². The Morgan fingerprint density at radius 2 is 1.60 bits per heavy atom. The van der Waals surface area contributed by atoms with Crippen LogP contribution >= 0.6 is 0 Å². The molecule has 1 aromatic carbocycles. The van der Waals surface area contributed by atoms with Crippen LogP contribution in [-0.2, 0) is 4.79 Å². The van der Waals surface area contributed by atoms with Gasteiger partial charge >= 0.3 is 12.1 Å². The molecule has 25 heavy (non-hydrogen) atoms. The number of likely N-dealkylation sites (tertiary alicyclic amines) is 1. The predicted octanol–water partition coefficient (Wildman–Crippen LogP) is 1.99. The summed E-state index contributed by atoms with van der Waals surface area (Å²) in [5.41, 5.74) is 0.324. The lowest BCUT2D eigenvalue weighted by atomic mass is 10.0. The number of halogens is 3. The number of nitrogens with one attached hydrogen (secondary N) is 1. The summed E-state index contributed by atoms with van der Waals surface area (Å²) < 4.78 is 47.5. The number of benzene rings is 1. The molecule has 1 aliphatic rings. The Bertz CT molecular complexity index is 619. The average Bonchev–Trinajstić information content (AvgIpc) is 2.60. The first-order valence-electron chi connectivity index (χ1n) is 7.64. The van der Waals surface area contributed by atoms with Gasteiger partial charge in [-0.25, -0.2) is 0 Å². The minimum Gasteiger partial charge on any atom is -0.497 e. The fourth-order valence-corrected chi connectivity index (χ4v) is 2.61. The molecule has 2 rings (SSSR count). The van der Waals surface area contributed by atoms with Crippen molar-refractivity contribution in [1.82, 2.24) is 10.2 Å². The molecule has 1 fully saturated rings. The molecule has 1 heterocycles. The fraction of sp³-hybridized carbons (Fsp3) is 0.500. The van der Waals surface area contributed by atoms with Crippen molar-refractivity contribution < 1.29 is 32.2 Å². The zero-order valence-electron chi connectivity index (χ0n) is 13.9. The molecule has 0 saturated carbocycles. The Balaban J connectivity index is 1.96. The van der Waals surface area contributed by atoms with E-state index in [-0.39, 0.29) is 37.9 Å². The van der Waals surface area contributed by atoms with Crippen LogP contribution in [-0.4, -0.2) is 56.2 Å². The quantitative estimate of drug-likeness (QED) is 0.892. The van der Waals surface area contributed by atoms with Gasteiger partial charge in [0.2, 0.25) is 0 Å². The van der Waals surface area contributed by atoms with Crippen LogP contribution in [0.5, 0.6) is 11.5 Å². The molecule has 1 saturated heterocycles. The van der Waals surface area contributed by atoms with Gasteiger partial charge in [-0.2, -0.15) is 13.2 Å². The molecule has 0 aliphatic carbocycles. The van der Waals surface area contributed by atoms with Crippen molar-refractivity contribution in [3.8, 4) is 11.5 Å². The summed E-state index contributed by atoms with van der Waals surface area (Å²) in [5, 5.41) is 2.77. The van der Waals surface area contributed by atoms with E-state index >= 15 is 0 Å². The number of nitrogens with zero attached hydrogens (tertiary/aromatic N) is 1. The Kier molecular flexibility index (Phi) is 5.76. The third kappa shape index (κ3) is 4.77. The van der Waals surface area contributed by atoms with Gasteiger partial charge < -0.3 is 19.7 Å². The molecule has 1 aliphatic heterocycles. The van der Waals surface area contributed by atoms with E-state index in [1.165, 1.54) is 14.2 Å². The largest absolute Gasteiger partial charge is 0.497 e. The van der Waals surface area contributed by atoms with Crippen LogP contribution < -0.4 is 14.8 Å². The maximum Gasteiger partial charge on any atom is 0.471 e. The van der Waals surface area contributed by atoms with Crippen molar-refractivity contribution in [2.24, 2.45) is 0 Å². The molecular weight excluding hydrogens is 341 g/mol. The molecule has 9 heteroatoms. The number of carbonyl (C=O) groups excluding carboxylic acids is 2. The van der Waals surface area contributed by atoms with Gasteiger partial charge in [-0.3, -0.25) is 9.59 Å². The fourth-order valence-electron chi connectivity index (χ4n) is 2.61. The van der Waals surface area contributed by atoms with Gasteiger partial charge in [-0.1, -0.05) is 0 Å². The Morgan fingerprint density at radius 3 is 2.04 bits per heavy atom. The van der Waals surface area contributed by atoms with Crippen LogP contribution in [0.2, 0.25) is 0 Å². The summed E-state index contributed by atoms with van der Waals surface area (Å²) in [6.07, 6.45) is -4.35. The molecule has 138 valence electrons. The van der Waals surface area contributed by atoms with E-state index in [1.807, 2.05) is 0 Å². The lowest BCUT2D eigenvalue weighted by Crippen LogP contribution is -2.50. The number of amides is 2. The first kappa shape index (κ1) is 18.9. The lowest BCUT2D eigenvalue weighted by Gasteiger charge is -2.32. The molecule has 0 spiro atoms. The highest BCUT2D eigenvalue weighted by molar-refractivity contribution is 5.95. The van der Waals surface area contributed by atoms with E-state index < -0.39 is 12.1 Å². The standard InChI is InChI=1S/C16H19F3N2O4/c1-24-12-7-10(8-13(9-12)25-2)14(22)20-11-3-5-21(6-4-11)15(23)16(17,18)19/h7-9,11H,3-6H2,1-2H3,(H,20,22). The number of alkyl halides is 3. The van der Waals surface area contributed by atoms with Crippen molar-refractivity contribution in [2.45, 2.75) is 25.1 Å². The summed E-state index contributed by atoms with van der Waals surface area (Å²) in [5.74, 6) is -1.31. The second-order valence-corrected chi connectivity index (χ2v) is 5.64. The van der Waals surface area contributed by atoms with Crippen LogP contribution in [0.15, 0.2) is 18.2 Å². The molecule has 0 unspecified atom stereocenters. The number of methoxy groups -OCH3 is 2. The zero-order valence-corrected chi connectivity index (χ0v) is 13.9. The number of hydrogen-bond acceptors (Lipinski definition) is 4. The maximum absolute atomic E-state index is 12.4. The number of piperidine rings is 1. The molecule has 0 atom stereocenters. The van der Waals surface area contributed by atoms with Gasteiger partial charge in [-0.15, -0.1) is 0 Å². The van der Waals surface area contributed by atoms with E-state index in [0.29, 0.717) is 17.1 Å². The molecular formula is C16H19F3N2O4. The van der Waals surface area contributed by atoms with E-state index in [2.05, 4.69) is 5.32 Å². The van der Waals surface area contributed by atoms with Crippen molar-refractivity contribution in [3.63, 3.8) is 0 Å². The van der Waals surface area contributed by atoms with E-state index in [1.54, 1.807) is 18.2 Å². The summed E-state index contributed by atoms with van der Waals surface area (Å²) in [6, 6.07) is 4.40. The molecule has 6 nitrogen and oxygen atoms in total. The van der Waals surface area contributed by atoms with Crippen molar-refractivity contribution in [2.75, 3.05) is 27.3 Å².